The molecule has 0 saturated heterocycles. The van der Waals surface area contributed by atoms with Crippen molar-refractivity contribution in [3.63, 3.8) is 0 Å². The summed E-state index contributed by atoms with van der Waals surface area (Å²) in [5.41, 5.74) is 2.93. The Bertz CT molecular complexity index is 1140. The molecular formula is C21H17N3O4. The van der Waals surface area contributed by atoms with Crippen molar-refractivity contribution in [1.82, 2.24) is 9.97 Å². The molecule has 0 fully saturated rings. The zero-order valence-corrected chi connectivity index (χ0v) is 15.3. The number of fused-ring (bicyclic) bond motifs is 1. The van der Waals surface area contributed by atoms with E-state index in [1.54, 1.807) is 61.8 Å². The maximum atomic E-state index is 12.6. The molecule has 7 nitrogen and oxygen atoms in total. The van der Waals surface area contributed by atoms with Crippen LogP contribution >= 0.6 is 0 Å². The molecule has 0 aliphatic rings. The lowest BCUT2D eigenvalue weighted by molar-refractivity contribution is 0.102. The maximum absolute atomic E-state index is 12.6. The summed E-state index contributed by atoms with van der Waals surface area (Å²) in [5.74, 6) is 1.29. The Morgan fingerprint density at radius 3 is 2.61 bits per heavy atom. The van der Waals surface area contributed by atoms with Crippen LogP contribution in [0, 0.1) is 0 Å². The fourth-order valence-electron chi connectivity index (χ4n) is 2.78. The third-order valence-electron chi connectivity index (χ3n) is 4.19. The molecule has 4 aromatic rings. The first-order valence-corrected chi connectivity index (χ1v) is 8.53. The summed E-state index contributed by atoms with van der Waals surface area (Å²) in [5, 5.41) is 2.85. The number of nitrogens with zero attached hydrogens (tertiary/aromatic N) is 2. The van der Waals surface area contributed by atoms with Gasteiger partial charge in [-0.3, -0.25) is 4.79 Å². The highest BCUT2D eigenvalue weighted by Gasteiger charge is 2.15. The number of pyridine rings is 1. The second-order valence-corrected chi connectivity index (χ2v) is 5.94. The Labute approximate surface area is 160 Å². The van der Waals surface area contributed by atoms with Gasteiger partial charge >= 0.3 is 0 Å². The van der Waals surface area contributed by atoms with E-state index in [9.17, 15) is 4.79 Å². The molecule has 140 valence electrons. The summed E-state index contributed by atoms with van der Waals surface area (Å²) in [6.45, 7) is 0. The molecule has 2 aromatic carbocycles. The molecule has 2 aromatic heterocycles. The van der Waals surface area contributed by atoms with Crippen LogP contribution < -0.4 is 14.8 Å². The van der Waals surface area contributed by atoms with E-state index >= 15 is 0 Å². The lowest BCUT2D eigenvalue weighted by Gasteiger charge is -2.06. The highest BCUT2D eigenvalue weighted by Crippen LogP contribution is 2.30. The Morgan fingerprint density at radius 1 is 1.04 bits per heavy atom. The van der Waals surface area contributed by atoms with Gasteiger partial charge in [0.25, 0.3) is 5.91 Å². The zero-order valence-electron chi connectivity index (χ0n) is 15.3. The normalized spacial score (nSPS) is 10.6. The molecule has 0 spiro atoms. The highest BCUT2D eigenvalue weighted by molar-refractivity contribution is 6.05. The number of hydrogen-bond donors (Lipinski definition) is 1. The Kier molecular flexibility index (Phi) is 4.63. The highest BCUT2D eigenvalue weighted by atomic mass is 16.5. The average molecular weight is 375 g/mol. The third-order valence-corrected chi connectivity index (χ3v) is 4.19. The molecule has 7 heteroatoms. The summed E-state index contributed by atoms with van der Waals surface area (Å²) in [6.07, 6.45) is 1.63. The van der Waals surface area contributed by atoms with Crippen LogP contribution in [0.15, 0.2) is 65.2 Å². The summed E-state index contributed by atoms with van der Waals surface area (Å²) in [7, 11) is 3.13. The Hall–Kier alpha value is -3.87. The molecule has 0 unspecified atom stereocenters. The largest absolute Gasteiger partial charge is 0.497 e. The first-order chi connectivity index (χ1) is 13.7. The number of oxazole rings is 1. The van der Waals surface area contributed by atoms with Crippen molar-refractivity contribution in [2.75, 3.05) is 19.5 Å². The molecule has 1 amide bonds. The lowest BCUT2D eigenvalue weighted by atomic mass is 10.2. The molecule has 28 heavy (non-hydrogen) atoms. The standard InChI is InChI=1S/C21H17N3O4/c1-26-15-8-6-14(7-9-15)23-19(25)13-5-10-18-17(12-13)24-21(28-18)16-4-3-11-22-20(16)27-2/h3-12H,1-2H3,(H,23,25). The van der Waals surface area contributed by atoms with E-state index in [1.165, 1.54) is 7.11 Å². The monoisotopic (exact) mass is 375 g/mol. The molecule has 0 aliphatic carbocycles. The number of amides is 1. The zero-order chi connectivity index (χ0) is 19.5. The van der Waals surface area contributed by atoms with Crippen LogP contribution in [0.5, 0.6) is 11.6 Å². The summed E-state index contributed by atoms with van der Waals surface area (Å²) in [6, 6.07) is 15.8. The quantitative estimate of drug-likeness (QED) is 0.564. The molecule has 0 saturated carbocycles. The van der Waals surface area contributed by atoms with E-state index in [4.69, 9.17) is 13.9 Å². The van der Waals surface area contributed by atoms with E-state index in [0.717, 1.165) is 5.75 Å². The van der Waals surface area contributed by atoms with Gasteiger partial charge in [-0.2, -0.15) is 0 Å². The van der Waals surface area contributed by atoms with Crippen molar-refractivity contribution in [1.29, 1.82) is 0 Å². The fraction of sp³-hybridized carbons (Fsp3) is 0.0952. The average Bonchev–Trinajstić information content (AvgIpc) is 3.17. The smallest absolute Gasteiger partial charge is 0.255 e. The number of aromatic nitrogens is 2. The van der Waals surface area contributed by atoms with Gasteiger partial charge in [0.2, 0.25) is 11.8 Å². The minimum absolute atomic E-state index is 0.240. The topological polar surface area (TPSA) is 86.5 Å². The van der Waals surface area contributed by atoms with Gasteiger partial charge in [-0.15, -0.1) is 0 Å². The molecule has 2 heterocycles. The van der Waals surface area contributed by atoms with Crippen molar-refractivity contribution in [3.05, 3.63) is 66.4 Å². The summed E-state index contributed by atoms with van der Waals surface area (Å²) < 4.78 is 16.2. The van der Waals surface area contributed by atoms with Gasteiger partial charge in [0, 0.05) is 17.4 Å². The molecule has 4 rings (SSSR count). The molecule has 0 radical (unpaired) electrons. The Morgan fingerprint density at radius 2 is 1.86 bits per heavy atom. The van der Waals surface area contributed by atoms with Crippen LogP contribution in [0.25, 0.3) is 22.6 Å². The van der Waals surface area contributed by atoms with Gasteiger partial charge in [0.05, 0.1) is 19.8 Å². The number of anilines is 1. The number of nitrogens with one attached hydrogen (secondary N) is 1. The number of carbonyl (C=O) groups is 1. The first kappa shape index (κ1) is 17.5. The van der Waals surface area contributed by atoms with Gasteiger partial charge in [0.15, 0.2) is 5.58 Å². The molecule has 1 N–H and O–H groups in total. The van der Waals surface area contributed by atoms with Gasteiger partial charge in [-0.25, -0.2) is 9.97 Å². The summed E-state index contributed by atoms with van der Waals surface area (Å²) in [4.78, 5) is 21.2. The number of benzene rings is 2. The minimum Gasteiger partial charge on any atom is -0.497 e. The van der Waals surface area contributed by atoms with Crippen molar-refractivity contribution < 1.29 is 18.7 Å². The second-order valence-electron chi connectivity index (χ2n) is 5.94. The van der Waals surface area contributed by atoms with E-state index in [1.807, 2.05) is 6.07 Å². The van der Waals surface area contributed by atoms with Crippen LogP contribution in [-0.2, 0) is 0 Å². The lowest BCUT2D eigenvalue weighted by Crippen LogP contribution is -2.11. The van der Waals surface area contributed by atoms with Crippen LogP contribution in [0.2, 0.25) is 0 Å². The van der Waals surface area contributed by atoms with E-state index in [2.05, 4.69) is 15.3 Å². The maximum Gasteiger partial charge on any atom is 0.255 e. The number of methoxy groups -OCH3 is 2. The summed E-state index contributed by atoms with van der Waals surface area (Å²) >= 11 is 0. The minimum atomic E-state index is -0.240. The number of ether oxygens (including phenoxy) is 2. The van der Waals surface area contributed by atoms with Gasteiger partial charge in [-0.1, -0.05) is 0 Å². The van der Waals surface area contributed by atoms with Gasteiger partial charge in [0.1, 0.15) is 11.3 Å². The van der Waals surface area contributed by atoms with Crippen LogP contribution in [0.3, 0.4) is 0 Å². The van der Waals surface area contributed by atoms with E-state index in [-0.39, 0.29) is 5.91 Å². The van der Waals surface area contributed by atoms with Crippen LogP contribution in [-0.4, -0.2) is 30.1 Å². The molecule has 0 aliphatic heterocycles. The van der Waals surface area contributed by atoms with Crippen molar-refractivity contribution in [2.24, 2.45) is 0 Å². The molecule has 0 bridgehead atoms. The predicted octanol–water partition coefficient (Wildman–Crippen LogP) is 4.16. The third kappa shape index (κ3) is 3.37. The Balaban J connectivity index is 1.61. The fourth-order valence-corrected chi connectivity index (χ4v) is 2.78. The molecule has 0 atom stereocenters. The number of carbonyl (C=O) groups excluding carboxylic acids is 1. The van der Waals surface area contributed by atoms with Crippen molar-refractivity contribution in [2.45, 2.75) is 0 Å². The van der Waals surface area contributed by atoms with E-state index in [0.29, 0.717) is 39.7 Å². The van der Waals surface area contributed by atoms with E-state index < -0.39 is 0 Å². The van der Waals surface area contributed by atoms with Crippen molar-refractivity contribution >= 4 is 22.7 Å². The van der Waals surface area contributed by atoms with Crippen LogP contribution in [0.1, 0.15) is 10.4 Å². The second kappa shape index (κ2) is 7.40. The number of rotatable bonds is 5. The molecular weight excluding hydrogens is 358 g/mol. The number of hydrogen-bond acceptors (Lipinski definition) is 6. The van der Waals surface area contributed by atoms with Crippen molar-refractivity contribution in [3.8, 4) is 23.1 Å². The van der Waals surface area contributed by atoms with Crippen LogP contribution in [0.4, 0.5) is 5.69 Å². The first-order valence-electron chi connectivity index (χ1n) is 8.53. The SMILES string of the molecule is COc1ccc(NC(=O)c2ccc3oc(-c4cccnc4OC)nc3c2)cc1. The van der Waals surface area contributed by atoms with Gasteiger partial charge in [-0.05, 0) is 54.6 Å². The van der Waals surface area contributed by atoms with Gasteiger partial charge < -0.3 is 19.2 Å². The predicted molar refractivity (Wildman–Crippen MR) is 105 cm³/mol.